The van der Waals surface area contributed by atoms with Crippen LogP contribution in [-0.4, -0.2) is 44.1 Å². The number of aromatic nitrogens is 4. The van der Waals surface area contributed by atoms with Crippen LogP contribution in [-0.2, 0) is 6.42 Å². The van der Waals surface area contributed by atoms with Crippen LogP contribution in [0.2, 0.25) is 0 Å². The van der Waals surface area contributed by atoms with Crippen LogP contribution in [0.25, 0.3) is 0 Å². The molecule has 1 fully saturated rings. The van der Waals surface area contributed by atoms with E-state index in [2.05, 4.69) is 27.1 Å². The predicted molar refractivity (Wildman–Crippen MR) is 82.4 cm³/mol. The summed E-state index contributed by atoms with van der Waals surface area (Å²) in [5.41, 5.74) is 3.62. The van der Waals surface area contributed by atoms with E-state index in [4.69, 9.17) is 0 Å². The van der Waals surface area contributed by atoms with Gasteiger partial charge in [-0.1, -0.05) is 0 Å². The van der Waals surface area contributed by atoms with Crippen molar-refractivity contribution in [2.24, 2.45) is 5.92 Å². The van der Waals surface area contributed by atoms with Gasteiger partial charge in [0.25, 0.3) is 5.91 Å². The Kier molecular flexibility index (Phi) is 4.18. The van der Waals surface area contributed by atoms with Gasteiger partial charge in [-0.15, -0.1) is 0 Å². The van der Waals surface area contributed by atoms with E-state index in [0.717, 1.165) is 38.0 Å². The van der Waals surface area contributed by atoms with Crippen molar-refractivity contribution in [3.8, 4) is 0 Å². The predicted octanol–water partition coefficient (Wildman–Crippen LogP) is 1.91. The number of rotatable bonds is 3. The Morgan fingerprint density at radius 2 is 2.18 bits per heavy atom. The third-order valence-electron chi connectivity index (χ3n) is 4.23. The molecular weight excluding hydrogens is 278 g/mol. The highest BCUT2D eigenvalue weighted by Crippen LogP contribution is 2.22. The average Bonchev–Trinajstić information content (AvgIpc) is 2.93. The van der Waals surface area contributed by atoms with E-state index in [-0.39, 0.29) is 5.91 Å². The van der Waals surface area contributed by atoms with E-state index in [9.17, 15) is 4.79 Å². The molecule has 1 aliphatic heterocycles. The lowest BCUT2D eigenvalue weighted by Gasteiger charge is -2.32. The van der Waals surface area contributed by atoms with Crippen molar-refractivity contribution in [2.45, 2.75) is 33.1 Å². The zero-order chi connectivity index (χ0) is 15.5. The van der Waals surface area contributed by atoms with Gasteiger partial charge in [-0.3, -0.25) is 14.9 Å². The number of aromatic amines is 1. The standard InChI is InChI=1S/C16H21N5O/c1-11-7-19-20-14(11)6-13-4-3-5-21(10-13)16(22)15-9-17-12(2)8-18-15/h7-9,13H,3-6,10H2,1-2H3,(H,19,20). The molecule has 0 aliphatic carbocycles. The molecule has 2 aromatic rings. The van der Waals surface area contributed by atoms with Gasteiger partial charge < -0.3 is 4.90 Å². The van der Waals surface area contributed by atoms with E-state index in [1.54, 1.807) is 12.4 Å². The van der Waals surface area contributed by atoms with Gasteiger partial charge >= 0.3 is 0 Å². The summed E-state index contributed by atoms with van der Waals surface area (Å²) >= 11 is 0. The van der Waals surface area contributed by atoms with Crippen LogP contribution in [0.5, 0.6) is 0 Å². The minimum atomic E-state index is -0.0152. The molecule has 1 saturated heterocycles. The minimum Gasteiger partial charge on any atom is -0.337 e. The molecule has 0 radical (unpaired) electrons. The first-order valence-electron chi connectivity index (χ1n) is 7.70. The third-order valence-corrected chi connectivity index (χ3v) is 4.23. The molecule has 0 aromatic carbocycles. The second-order valence-electron chi connectivity index (χ2n) is 6.04. The monoisotopic (exact) mass is 299 g/mol. The number of hydrogen-bond acceptors (Lipinski definition) is 4. The zero-order valence-corrected chi connectivity index (χ0v) is 13.0. The largest absolute Gasteiger partial charge is 0.337 e. The highest BCUT2D eigenvalue weighted by atomic mass is 16.2. The lowest BCUT2D eigenvalue weighted by molar-refractivity contribution is 0.0666. The number of carbonyl (C=O) groups excluding carboxylic acids is 1. The fourth-order valence-corrected chi connectivity index (χ4v) is 2.95. The van der Waals surface area contributed by atoms with Gasteiger partial charge in [-0.2, -0.15) is 5.10 Å². The summed E-state index contributed by atoms with van der Waals surface area (Å²) in [6.07, 6.45) is 8.17. The maximum absolute atomic E-state index is 12.5. The molecule has 1 N–H and O–H groups in total. The molecule has 3 heterocycles. The van der Waals surface area contributed by atoms with Gasteiger partial charge in [0.05, 0.1) is 18.1 Å². The van der Waals surface area contributed by atoms with Gasteiger partial charge in [0.1, 0.15) is 5.69 Å². The van der Waals surface area contributed by atoms with Crippen LogP contribution < -0.4 is 0 Å². The Morgan fingerprint density at radius 3 is 2.86 bits per heavy atom. The van der Waals surface area contributed by atoms with E-state index >= 15 is 0 Å². The van der Waals surface area contributed by atoms with Crippen LogP contribution in [0.1, 0.15) is 40.3 Å². The molecule has 6 heteroatoms. The first-order chi connectivity index (χ1) is 10.6. The third kappa shape index (κ3) is 3.16. The Labute approximate surface area is 130 Å². The van der Waals surface area contributed by atoms with Crippen LogP contribution in [0.15, 0.2) is 18.6 Å². The van der Waals surface area contributed by atoms with Crippen molar-refractivity contribution >= 4 is 5.91 Å². The molecule has 1 aliphatic rings. The Morgan fingerprint density at radius 1 is 1.32 bits per heavy atom. The molecule has 0 spiro atoms. The Balaban J connectivity index is 1.66. The summed E-state index contributed by atoms with van der Waals surface area (Å²) in [5.74, 6) is 0.453. The molecule has 1 amide bonds. The second kappa shape index (κ2) is 6.25. The normalized spacial score (nSPS) is 18.5. The van der Waals surface area contributed by atoms with Crippen molar-refractivity contribution in [3.05, 3.63) is 41.2 Å². The van der Waals surface area contributed by atoms with Crippen molar-refractivity contribution in [3.63, 3.8) is 0 Å². The first-order valence-corrected chi connectivity index (χ1v) is 7.70. The maximum atomic E-state index is 12.5. The van der Waals surface area contributed by atoms with Crippen molar-refractivity contribution < 1.29 is 4.79 Å². The molecule has 6 nitrogen and oxygen atoms in total. The first kappa shape index (κ1) is 14.7. The number of carbonyl (C=O) groups is 1. The van der Waals surface area contributed by atoms with Crippen molar-refractivity contribution in [2.75, 3.05) is 13.1 Å². The Bertz CT molecular complexity index is 649. The van der Waals surface area contributed by atoms with Crippen LogP contribution >= 0.6 is 0 Å². The van der Waals surface area contributed by atoms with Gasteiger partial charge in [0.2, 0.25) is 0 Å². The van der Waals surface area contributed by atoms with Gasteiger partial charge in [0, 0.05) is 25.0 Å². The van der Waals surface area contributed by atoms with Crippen molar-refractivity contribution in [1.82, 2.24) is 25.1 Å². The smallest absolute Gasteiger partial charge is 0.274 e. The van der Waals surface area contributed by atoms with Gasteiger partial charge in [-0.25, -0.2) is 4.98 Å². The molecule has 1 atom stereocenters. The maximum Gasteiger partial charge on any atom is 0.274 e. The average molecular weight is 299 g/mol. The topological polar surface area (TPSA) is 74.8 Å². The molecule has 3 rings (SSSR count). The Hall–Kier alpha value is -2.24. The van der Waals surface area contributed by atoms with Crippen molar-refractivity contribution in [1.29, 1.82) is 0 Å². The summed E-state index contributed by atoms with van der Waals surface area (Å²) in [6, 6.07) is 0. The number of nitrogens with zero attached hydrogens (tertiary/aromatic N) is 4. The molecule has 1 unspecified atom stereocenters. The quantitative estimate of drug-likeness (QED) is 0.939. The summed E-state index contributed by atoms with van der Waals surface area (Å²) in [5, 5.41) is 7.13. The van der Waals surface area contributed by atoms with E-state index in [1.807, 2.05) is 18.0 Å². The molecular formula is C16H21N5O. The summed E-state index contributed by atoms with van der Waals surface area (Å²) in [4.78, 5) is 22.8. The summed E-state index contributed by atoms with van der Waals surface area (Å²) < 4.78 is 0. The van der Waals surface area contributed by atoms with Crippen LogP contribution in [0.4, 0.5) is 0 Å². The number of aryl methyl sites for hydroxylation is 2. The molecule has 0 saturated carbocycles. The lowest BCUT2D eigenvalue weighted by atomic mass is 9.92. The summed E-state index contributed by atoms with van der Waals surface area (Å²) in [7, 11) is 0. The molecule has 2 aromatic heterocycles. The fourth-order valence-electron chi connectivity index (χ4n) is 2.95. The van der Waals surface area contributed by atoms with E-state index in [0.29, 0.717) is 11.6 Å². The summed E-state index contributed by atoms with van der Waals surface area (Å²) in [6.45, 7) is 5.50. The molecule has 22 heavy (non-hydrogen) atoms. The number of piperidine rings is 1. The SMILES string of the molecule is Cc1cnc(C(=O)N2CCCC(Cc3[nH]ncc3C)C2)cn1. The van der Waals surface area contributed by atoms with Gasteiger partial charge in [0.15, 0.2) is 0 Å². The van der Waals surface area contributed by atoms with Crippen LogP contribution in [0, 0.1) is 19.8 Å². The lowest BCUT2D eigenvalue weighted by Crippen LogP contribution is -2.41. The van der Waals surface area contributed by atoms with Crippen LogP contribution in [0.3, 0.4) is 0 Å². The van der Waals surface area contributed by atoms with E-state index in [1.165, 1.54) is 11.3 Å². The zero-order valence-electron chi connectivity index (χ0n) is 13.0. The number of likely N-dealkylation sites (tertiary alicyclic amines) is 1. The second-order valence-corrected chi connectivity index (χ2v) is 6.04. The number of H-pyrrole nitrogens is 1. The minimum absolute atomic E-state index is 0.0152. The molecule has 116 valence electrons. The highest BCUT2D eigenvalue weighted by Gasteiger charge is 2.26. The molecule has 0 bridgehead atoms. The fraction of sp³-hybridized carbons (Fsp3) is 0.500. The van der Waals surface area contributed by atoms with Gasteiger partial charge in [-0.05, 0) is 44.6 Å². The number of nitrogens with one attached hydrogen (secondary N) is 1. The number of hydrogen-bond donors (Lipinski definition) is 1. The highest BCUT2D eigenvalue weighted by molar-refractivity contribution is 5.92. The number of amides is 1. The van der Waals surface area contributed by atoms with E-state index < -0.39 is 0 Å².